The van der Waals surface area contributed by atoms with Crippen LogP contribution < -0.4 is 10.2 Å². The third-order valence-corrected chi connectivity index (χ3v) is 4.31. The number of carboxylic acid groups (broad SMARTS) is 1. The summed E-state index contributed by atoms with van der Waals surface area (Å²) in [6, 6.07) is 4.56. The normalized spacial score (nSPS) is 20.9. The zero-order valence-corrected chi connectivity index (χ0v) is 13.5. The SMILES string of the molecule is O=C(O)C1CN(C(=O)c2cc(N3CCNC3=O)ccc2Cl)CCO1. The lowest BCUT2D eigenvalue weighted by Crippen LogP contribution is -2.48. The van der Waals surface area contributed by atoms with Crippen molar-refractivity contribution in [3.05, 3.63) is 28.8 Å². The first kappa shape index (κ1) is 16.5. The number of ether oxygens (including phenoxy) is 1. The topological polar surface area (TPSA) is 99.2 Å². The first-order chi connectivity index (χ1) is 11.5. The average Bonchev–Trinajstić information content (AvgIpc) is 3.01. The number of carbonyl (C=O) groups is 3. The summed E-state index contributed by atoms with van der Waals surface area (Å²) in [5, 5.41) is 12.0. The summed E-state index contributed by atoms with van der Waals surface area (Å²) < 4.78 is 5.12. The van der Waals surface area contributed by atoms with Crippen molar-refractivity contribution in [2.75, 3.05) is 37.7 Å². The molecule has 8 nitrogen and oxygen atoms in total. The maximum absolute atomic E-state index is 12.7. The van der Waals surface area contributed by atoms with E-state index in [-0.39, 0.29) is 42.2 Å². The molecule has 24 heavy (non-hydrogen) atoms. The van der Waals surface area contributed by atoms with Gasteiger partial charge < -0.3 is 20.1 Å². The minimum atomic E-state index is -1.11. The number of amides is 3. The van der Waals surface area contributed by atoms with E-state index in [0.29, 0.717) is 18.8 Å². The van der Waals surface area contributed by atoms with Crippen molar-refractivity contribution >= 4 is 35.2 Å². The monoisotopic (exact) mass is 353 g/mol. The molecule has 0 saturated carbocycles. The van der Waals surface area contributed by atoms with Gasteiger partial charge in [-0.3, -0.25) is 9.69 Å². The van der Waals surface area contributed by atoms with Crippen LogP contribution in [0.1, 0.15) is 10.4 Å². The molecule has 1 aromatic carbocycles. The van der Waals surface area contributed by atoms with Crippen molar-refractivity contribution in [3.63, 3.8) is 0 Å². The highest BCUT2D eigenvalue weighted by atomic mass is 35.5. The van der Waals surface area contributed by atoms with Gasteiger partial charge in [-0.15, -0.1) is 0 Å². The van der Waals surface area contributed by atoms with Crippen LogP contribution in [0.2, 0.25) is 5.02 Å². The molecule has 2 heterocycles. The van der Waals surface area contributed by atoms with Crippen molar-refractivity contribution in [1.29, 1.82) is 0 Å². The number of anilines is 1. The van der Waals surface area contributed by atoms with Crippen LogP contribution in [0.15, 0.2) is 18.2 Å². The molecule has 1 atom stereocenters. The Hall–Kier alpha value is -2.32. The molecular weight excluding hydrogens is 338 g/mol. The predicted molar refractivity (Wildman–Crippen MR) is 85.5 cm³/mol. The van der Waals surface area contributed by atoms with Crippen molar-refractivity contribution < 1.29 is 24.2 Å². The fraction of sp³-hybridized carbons (Fsp3) is 0.400. The van der Waals surface area contributed by atoms with E-state index < -0.39 is 12.1 Å². The van der Waals surface area contributed by atoms with Gasteiger partial charge in [0.25, 0.3) is 5.91 Å². The number of hydrogen-bond donors (Lipinski definition) is 2. The Kier molecular flexibility index (Phi) is 4.59. The second-order valence-electron chi connectivity index (χ2n) is 5.50. The molecule has 1 aromatic rings. The highest BCUT2D eigenvalue weighted by molar-refractivity contribution is 6.34. The van der Waals surface area contributed by atoms with Crippen LogP contribution in [-0.4, -0.2) is 66.8 Å². The van der Waals surface area contributed by atoms with Gasteiger partial charge in [0.2, 0.25) is 0 Å². The van der Waals surface area contributed by atoms with E-state index >= 15 is 0 Å². The zero-order valence-electron chi connectivity index (χ0n) is 12.7. The fourth-order valence-corrected chi connectivity index (χ4v) is 2.91. The van der Waals surface area contributed by atoms with Crippen molar-refractivity contribution in [1.82, 2.24) is 10.2 Å². The van der Waals surface area contributed by atoms with Crippen LogP contribution in [0.5, 0.6) is 0 Å². The fourth-order valence-electron chi connectivity index (χ4n) is 2.72. The minimum absolute atomic E-state index is 0.0427. The van der Waals surface area contributed by atoms with E-state index in [1.54, 1.807) is 18.2 Å². The Morgan fingerprint density at radius 2 is 2.12 bits per heavy atom. The number of urea groups is 1. The van der Waals surface area contributed by atoms with Crippen LogP contribution >= 0.6 is 11.6 Å². The molecule has 0 spiro atoms. The van der Waals surface area contributed by atoms with Gasteiger partial charge in [0.05, 0.1) is 23.7 Å². The molecule has 2 N–H and O–H groups in total. The first-order valence-corrected chi connectivity index (χ1v) is 7.84. The van der Waals surface area contributed by atoms with E-state index in [1.807, 2.05) is 0 Å². The van der Waals surface area contributed by atoms with Gasteiger partial charge in [-0.1, -0.05) is 11.6 Å². The Bertz CT molecular complexity index is 696. The molecule has 3 rings (SSSR count). The van der Waals surface area contributed by atoms with Crippen LogP contribution in [0.4, 0.5) is 10.5 Å². The quantitative estimate of drug-likeness (QED) is 0.837. The molecule has 9 heteroatoms. The highest BCUT2D eigenvalue weighted by Gasteiger charge is 2.31. The lowest BCUT2D eigenvalue weighted by Gasteiger charge is -2.31. The van der Waals surface area contributed by atoms with E-state index in [2.05, 4.69) is 5.32 Å². The molecule has 0 aliphatic carbocycles. The molecule has 2 saturated heterocycles. The number of nitrogens with zero attached hydrogens (tertiary/aromatic N) is 2. The molecule has 2 aliphatic heterocycles. The summed E-state index contributed by atoms with van der Waals surface area (Å²) in [7, 11) is 0. The number of rotatable bonds is 3. The average molecular weight is 354 g/mol. The van der Waals surface area contributed by atoms with Gasteiger partial charge in [-0.05, 0) is 18.2 Å². The number of nitrogens with one attached hydrogen (secondary N) is 1. The molecule has 2 aliphatic rings. The molecule has 2 fully saturated rings. The van der Waals surface area contributed by atoms with E-state index in [1.165, 1.54) is 9.80 Å². The number of carbonyl (C=O) groups excluding carboxylic acids is 2. The number of halogens is 1. The summed E-state index contributed by atoms with van der Waals surface area (Å²) in [6.07, 6.45) is -1.05. The third-order valence-electron chi connectivity index (χ3n) is 3.98. The van der Waals surface area contributed by atoms with Crippen LogP contribution in [0.25, 0.3) is 0 Å². The van der Waals surface area contributed by atoms with Crippen LogP contribution in [-0.2, 0) is 9.53 Å². The maximum atomic E-state index is 12.7. The van der Waals surface area contributed by atoms with Crippen molar-refractivity contribution in [2.45, 2.75) is 6.10 Å². The number of benzene rings is 1. The van der Waals surface area contributed by atoms with Gasteiger partial charge in [-0.25, -0.2) is 9.59 Å². The first-order valence-electron chi connectivity index (χ1n) is 7.46. The summed E-state index contributed by atoms with van der Waals surface area (Å²) >= 11 is 6.14. The van der Waals surface area contributed by atoms with E-state index in [4.69, 9.17) is 21.4 Å². The standard InChI is InChI=1S/C15H16ClN3O5/c16-11-2-1-9(19-4-3-17-15(19)23)7-10(11)13(20)18-5-6-24-12(8-18)14(21)22/h1-2,7,12H,3-6,8H2,(H,17,23)(H,21,22). The highest BCUT2D eigenvalue weighted by Crippen LogP contribution is 2.26. The largest absolute Gasteiger partial charge is 0.479 e. The second kappa shape index (κ2) is 6.66. The molecule has 0 radical (unpaired) electrons. The molecular formula is C15H16ClN3O5. The number of morpholine rings is 1. The number of carboxylic acids is 1. The van der Waals surface area contributed by atoms with Crippen LogP contribution in [0, 0.1) is 0 Å². The van der Waals surface area contributed by atoms with Gasteiger partial charge in [0.15, 0.2) is 6.10 Å². The van der Waals surface area contributed by atoms with Gasteiger partial charge >= 0.3 is 12.0 Å². The number of aliphatic carboxylic acids is 1. The van der Waals surface area contributed by atoms with E-state index in [0.717, 1.165) is 0 Å². The summed E-state index contributed by atoms with van der Waals surface area (Å²) in [4.78, 5) is 38.4. The third kappa shape index (κ3) is 3.15. The lowest BCUT2D eigenvalue weighted by molar-refractivity contribution is -0.154. The van der Waals surface area contributed by atoms with Crippen LogP contribution in [0.3, 0.4) is 0 Å². The second-order valence-corrected chi connectivity index (χ2v) is 5.90. The molecule has 3 amide bonds. The molecule has 128 valence electrons. The van der Waals surface area contributed by atoms with Crippen molar-refractivity contribution in [3.8, 4) is 0 Å². The summed E-state index contributed by atoms with van der Waals surface area (Å²) in [5.74, 6) is -1.49. The maximum Gasteiger partial charge on any atom is 0.334 e. The Morgan fingerprint density at radius 3 is 2.79 bits per heavy atom. The number of hydrogen-bond acceptors (Lipinski definition) is 4. The predicted octanol–water partition coefficient (Wildman–Crippen LogP) is 0.795. The van der Waals surface area contributed by atoms with Gasteiger partial charge in [-0.2, -0.15) is 0 Å². The Morgan fingerprint density at radius 1 is 1.33 bits per heavy atom. The smallest absolute Gasteiger partial charge is 0.334 e. The Labute approximate surface area is 142 Å². The van der Waals surface area contributed by atoms with Gasteiger partial charge in [0, 0.05) is 25.3 Å². The zero-order chi connectivity index (χ0) is 17.3. The Balaban J connectivity index is 1.84. The summed E-state index contributed by atoms with van der Waals surface area (Å²) in [5.41, 5.74) is 0.806. The minimum Gasteiger partial charge on any atom is -0.479 e. The van der Waals surface area contributed by atoms with Crippen molar-refractivity contribution in [2.24, 2.45) is 0 Å². The summed E-state index contributed by atoms with van der Waals surface area (Å²) in [6.45, 7) is 1.43. The van der Waals surface area contributed by atoms with Gasteiger partial charge in [0.1, 0.15) is 0 Å². The lowest BCUT2D eigenvalue weighted by atomic mass is 10.1. The molecule has 1 unspecified atom stereocenters. The van der Waals surface area contributed by atoms with E-state index in [9.17, 15) is 14.4 Å². The molecule has 0 bridgehead atoms. The molecule has 0 aromatic heterocycles.